The number of likely N-dealkylation sites (tertiary alicyclic amines) is 1. The molecule has 0 radical (unpaired) electrons. The van der Waals surface area contributed by atoms with Crippen LogP contribution >= 0.6 is 23.7 Å². The molecule has 5 rings (SSSR count). The lowest BCUT2D eigenvalue weighted by Gasteiger charge is -2.28. The number of hydrogen-bond acceptors (Lipinski definition) is 4. The van der Waals surface area contributed by atoms with Crippen molar-refractivity contribution in [1.82, 2.24) is 15.2 Å². The van der Waals surface area contributed by atoms with Crippen molar-refractivity contribution in [3.63, 3.8) is 0 Å². The van der Waals surface area contributed by atoms with Crippen LogP contribution in [0.25, 0.3) is 10.2 Å². The molecule has 26 heavy (non-hydrogen) atoms. The molecule has 0 aliphatic carbocycles. The summed E-state index contributed by atoms with van der Waals surface area (Å²) in [7, 11) is 0. The van der Waals surface area contributed by atoms with E-state index in [0.717, 1.165) is 35.4 Å². The molecule has 2 fully saturated rings. The first-order valence-electron chi connectivity index (χ1n) is 8.71. The van der Waals surface area contributed by atoms with Crippen LogP contribution in [0.3, 0.4) is 0 Å². The summed E-state index contributed by atoms with van der Waals surface area (Å²) in [6, 6.07) is 16.5. The third-order valence-electron chi connectivity index (χ3n) is 5.54. The predicted octanol–water partition coefficient (Wildman–Crippen LogP) is 3.75. The highest BCUT2D eigenvalue weighted by Gasteiger charge is 2.46. The number of carbonyl (C=O) groups excluding carboxylic acids is 1. The zero-order valence-electron chi connectivity index (χ0n) is 14.2. The predicted molar refractivity (Wildman–Crippen MR) is 107 cm³/mol. The van der Waals surface area contributed by atoms with Crippen LogP contribution < -0.4 is 5.32 Å². The third-order valence-corrected chi connectivity index (χ3v) is 6.35. The van der Waals surface area contributed by atoms with Gasteiger partial charge in [-0.15, -0.1) is 23.7 Å². The van der Waals surface area contributed by atoms with Gasteiger partial charge in [0.15, 0.2) is 0 Å². The molecule has 1 aromatic heterocycles. The second-order valence-corrected chi connectivity index (χ2v) is 7.82. The lowest BCUT2D eigenvalue weighted by atomic mass is 9.89. The number of fused-ring (bicyclic) bond motifs is 2. The van der Waals surface area contributed by atoms with E-state index >= 15 is 0 Å². The Hall–Kier alpha value is -1.95. The van der Waals surface area contributed by atoms with Gasteiger partial charge in [0, 0.05) is 31.1 Å². The Bertz CT molecular complexity index is 929. The van der Waals surface area contributed by atoms with E-state index in [-0.39, 0.29) is 24.4 Å². The van der Waals surface area contributed by atoms with Crippen LogP contribution in [0.2, 0.25) is 0 Å². The number of rotatable bonds is 2. The molecule has 0 spiro atoms. The molecular formula is C20H20ClN3OS. The van der Waals surface area contributed by atoms with Gasteiger partial charge in [-0.25, -0.2) is 4.98 Å². The van der Waals surface area contributed by atoms with E-state index in [4.69, 9.17) is 0 Å². The third kappa shape index (κ3) is 2.80. The van der Waals surface area contributed by atoms with Crippen LogP contribution in [0.1, 0.15) is 22.0 Å². The maximum atomic E-state index is 13.3. The number of nitrogens with one attached hydrogen (secondary N) is 1. The fourth-order valence-corrected chi connectivity index (χ4v) is 5.02. The summed E-state index contributed by atoms with van der Waals surface area (Å²) in [4.78, 5) is 19.8. The largest absolute Gasteiger partial charge is 0.331 e. The molecule has 3 heterocycles. The van der Waals surface area contributed by atoms with E-state index < -0.39 is 0 Å². The normalized spacial score (nSPS) is 24.5. The van der Waals surface area contributed by atoms with Gasteiger partial charge in [-0.2, -0.15) is 0 Å². The van der Waals surface area contributed by atoms with E-state index in [2.05, 4.69) is 39.5 Å². The number of nitrogens with zero attached hydrogens (tertiary/aromatic N) is 2. The summed E-state index contributed by atoms with van der Waals surface area (Å²) >= 11 is 1.61. The minimum absolute atomic E-state index is 0. The summed E-state index contributed by atoms with van der Waals surface area (Å²) < 4.78 is 1.12. The van der Waals surface area contributed by atoms with Gasteiger partial charge in [0.1, 0.15) is 0 Å². The highest BCUT2D eigenvalue weighted by Crippen LogP contribution is 2.43. The van der Waals surface area contributed by atoms with E-state index in [0.29, 0.717) is 11.8 Å². The molecule has 1 N–H and O–H groups in total. The maximum absolute atomic E-state index is 13.3. The zero-order valence-corrected chi connectivity index (χ0v) is 15.8. The second-order valence-electron chi connectivity index (χ2n) is 6.93. The average Bonchev–Trinajstić information content (AvgIpc) is 3.36. The van der Waals surface area contributed by atoms with Crippen LogP contribution in [-0.4, -0.2) is 35.4 Å². The van der Waals surface area contributed by atoms with E-state index in [1.165, 1.54) is 5.56 Å². The number of hydrogen-bond donors (Lipinski definition) is 1. The maximum Gasteiger partial charge on any atom is 0.254 e. The monoisotopic (exact) mass is 385 g/mol. The molecule has 134 valence electrons. The number of amides is 1. The molecule has 6 heteroatoms. The van der Waals surface area contributed by atoms with Crippen molar-refractivity contribution < 1.29 is 4.79 Å². The van der Waals surface area contributed by atoms with E-state index in [9.17, 15) is 4.79 Å². The molecule has 0 saturated carbocycles. The first-order chi connectivity index (χ1) is 12.3. The Kier molecular flexibility index (Phi) is 4.69. The molecule has 2 saturated heterocycles. The molecule has 1 amide bonds. The van der Waals surface area contributed by atoms with E-state index in [1.807, 2.05) is 29.8 Å². The molecule has 3 aromatic rings. The van der Waals surface area contributed by atoms with Gasteiger partial charge < -0.3 is 10.2 Å². The highest BCUT2D eigenvalue weighted by molar-refractivity contribution is 7.16. The van der Waals surface area contributed by atoms with Crippen molar-refractivity contribution in [2.75, 3.05) is 19.6 Å². The molecule has 0 bridgehead atoms. The quantitative estimate of drug-likeness (QED) is 0.730. The summed E-state index contributed by atoms with van der Waals surface area (Å²) in [6.45, 7) is 2.81. The van der Waals surface area contributed by atoms with Crippen molar-refractivity contribution >= 4 is 39.9 Å². The summed E-state index contributed by atoms with van der Waals surface area (Å²) in [5.41, 5.74) is 4.72. The van der Waals surface area contributed by atoms with Gasteiger partial charge >= 0.3 is 0 Å². The molecule has 0 unspecified atom stereocenters. The number of carbonyl (C=O) groups is 1. The minimum Gasteiger partial charge on any atom is -0.331 e. The number of aromatic nitrogens is 1. The molecule has 4 nitrogen and oxygen atoms in total. The first-order valence-corrected chi connectivity index (χ1v) is 9.59. The fourth-order valence-electron chi connectivity index (χ4n) is 4.36. The van der Waals surface area contributed by atoms with Gasteiger partial charge in [-0.1, -0.05) is 30.3 Å². The van der Waals surface area contributed by atoms with Gasteiger partial charge in [-0.05, 0) is 29.7 Å². The van der Waals surface area contributed by atoms with Crippen molar-refractivity contribution in [3.8, 4) is 0 Å². The minimum atomic E-state index is 0. The second kappa shape index (κ2) is 6.99. The van der Waals surface area contributed by atoms with Crippen LogP contribution in [0.15, 0.2) is 54.0 Å². The number of halogens is 1. The fraction of sp³-hybridized carbons (Fsp3) is 0.300. The zero-order chi connectivity index (χ0) is 16.8. The summed E-state index contributed by atoms with van der Waals surface area (Å²) in [5, 5.41) is 3.50. The van der Waals surface area contributed by atoms with E-state index in [1.54, 1.807) is 11.3 Å². The molecule has 2 aliphatic rings. The van der Waals surface area contributed by atoms with Gasteiger partial charge in [0.25, 0.3) is 5.91 Å². The summed E-state index contributed by atoms with van der Waals surface area (Å²) in [5.74, 6) is 1.16. The topological polar surface area (TPSA) is 45.2 Å². The van der Waals surface area contributed by atoms with Gasteiger partial charge in [-0.3, -0.25) is 4.79 Å². The van der Waals surface area contributed by atoms with Crippen molar-refractivity contribution in [2.45, 2.75) is 6.04 Å². The first kappa shape index (κ1) is 17.5. The highest BCUT2D eigenvalue weighted by atomic mass is 35.5. The molecule has 2 aliphatic heterocycles. The van der Waals surface area contributed by atoms with Crippen LogP contribution in [0.4, 0.5) is 0 Å². The lowest BCUT2D eigenvalue weighted by Crippen LogP contribution is -2.34. The average molecular weight is 386 g/mol. The Labute approximate surface area is 162 Å². The smallest absolute Gasteiger partial charge is 0.254 e. The molecule has 3 atom stereocenters. The molecular weight excluding hydrogens is 366 g/mol. The van der Waals surface area contributed by atoms with Crippen LogP contribution in [-0.2, 0) is 0 Å². The number of benzene rings is 2. The van der Waals surface area contributed by atoms with Crippen molar-refractivity contribution in [2.24, 2.45) is 11.8 Å². The lowest BCUT2D eigenvalue weighted by molar-refractivity contribution is 0.0714. The Balaban J connectivity index is 0.00000168. The standard InChI is InChI=1S/C20H19N3OS.ClH/c24-20(14-6-7-18-17(8-14)22-12-25-18)23-11-15-9-21-10-16(15)19(23)13-4-2-1-3-5-13;/h1-8,12,15-16,19,21H,9-11H2;1H/t15-,16-,19+;/m0./s1. The Morgan fingerprint density at radius 1 is 1.15 bits per heavy atom. The van der Waals surface area contributed by atoms with Gasteiger partial charge in [0.05, 0.1) is 21.8 Å². The summed E-state index contributed by atoms with van der Waals surface area (Å²) in [6.07, 6.45) is 0. The van der Waals surface area contributed by atoms with Crippen LogP contribution in [0, 0.1) is 11.8 Å². The SMILES string of the molecule is Cl.O=C(c1ccc2scnc2c1)N1C[C@@H]2CNC[C@@H]2[C@H]1c1ccccc1. The van der Waals surface area contributed by atoms with Gasteiger partial charge in [0.2, 0.25) is 0 Å². The Morgan fingerprint density at radius 3 is 2.85 bits per heavy atom. The van der Waals surface area contributed by atoms with Crippen molar-refractivity contribution in [3.05, 3.63) is 65.2 Å². The number of thiazole rings is 1. The van der Waals surface area contributed by atoms with Crippen molar-refractivity contribution in [1.29, 1.82) is 0 Å². The Morgan fingerprint density at radius 2 is 2.00 bits per heavy atom. The molecule has 2 aromatic carbocycles. The van der Waals surface area contributed by atoms with Crippen LogP contribution in [0.5, 0.6) is 0 Å².